The lowest BCUT2D eigenvalue weighted by molar-refractivity contribution is -0.118. The lowest BCUT2D eigenvalue weighted by Gasteiger charge is -2.18. The van der Waals surface area contributed by atoms with Crippen LogP contribution in [0.15, 0.2) is 70.3 Å². The second kappa shape index (κ2) is 8.77. The predicted molar refractivity (Wildman–Crippen MR) is 112 cm³/mol. The molecule has 0 aliphatic heterocycles. The fraction of sp³-hybridized carbons (Fsp3) is 0.100. The van der Waals surface area contributed by atoms with E-state index in [1.807, 2.05) is 6.07 Å². The van der Waals surface area contributed by atoms with Crippen molar-refractivity contribution in [1.29, 1.82) is 5.26 Å². The minimum absolute atomic E-state index is 0.223. The zero-order valence-corrected chi connectivity index (χ0v) is 17.0. The number of nitrogens with one attached hydrogen (secondary N) is 1. The number of carbonyl (C=O) groups excluding carboxylic acids is 1. The van der Waals surface area contributed by atoms with E-state index in [0.717, 1.165) is 11.3 Å². The molecule has 0 atom stereocenters. The number of nitriles is 1. The van der Waals surface area contributed by atoms with Gasteiger partial charge in [-0.05, 0) is 53.9 Å². The molecular formula is C20H17N3O4S2. The van der Waals surface area contributed by atoms with Crippen molar-refractivity contribution in [3.8, 4) is 11.8 Å². The van der Waals surface area contributed by atoms with E-state index in [-0.39, 0.29) is 16.7 Å². The van der Waals surface area contributed by atoms with Crippen LogP contribution >= 0.6 is 11.3 Å². The summed E-state index contributed by atoms with van der Waals surface area (Å²) in [5, 5.41) is 13.2. The molecule has 1 heterocycles. The van der Waals surface area contributed by atoms with Crippen molar-refractivity contribution in [2.45, 2.75) is 4.21 Å². The van der Waals surface area contributed by atoms with Gasteiger partial charge in [0.1, 0.15) is 9.96 Å². The number of hydrogen-bond acceptors (Lipinski definition) is 6. The van der Waals surface area contributed by atoms with Crippen molar-refractivity contribution in [1.82, 2.24) is 0 Å². The molecule has 0 unspecified atom stereocenters. The van der Waals surface area contributed by atoms with Gasteiger partial charge in [-0.2, -0.15) is 5.26 Å². The molecule has 0 bridgehead atoms. The van der Waals surface area contributed by atoms with Gasteiger partial charge < -0.3 is 10.1 Å². The van der Waals surface area contributed by atoms with Gasteiger partial charge in [-0.25, -0.2) is 8.42 Å². The molecule has 0 fully saturated rings. The van der Waals surface area contributed by atoms with E-state index in [1.54, 1.807) is 66.0 Å². The van der Waals surface area contributed by atoms with Gasteiger partial charge >= 0.3 is 0 Å². The molecule has 1 N–H and O–H groups in total. The maximum absolute atomic E-state index is 12.5. The lowest BCUT2D eigenvalue weighted by Crippen LogP contribution is -2.25. The number of hydrogen-bond donors (Lipinski definition) is 1. The first-order valence-corrected chi connectivity index (χ1v) is 10.8. The van der Waals surface area contributed by atoms with Crippen LogP contribution in [0.25, 0.3) is 0 Å². The summed E-state index contributed by atoms with van der Waals surface area (Å²) in [5.74, 6) is 0.0538. The molecule has 3 aromatic rings. The highest BCUT2D eigenvalue weighted by molar-refractivity contribution is 7.94. The molecule has 0 aliphatic rings. The van der Waals surface area contributed by atoms with Crippen LogP contribution in [0.1, 0.15) is 5.56 Å². The fourth-order valence-corrected chi connectivity index (χ4v) is 4.81. The Morgan fingerprint density at radius 2 is 1.93 bits per heavy atom. The monoisotopic (exact) mass is 427 g/mol. The van der Waals surface area contributed by atoms with Crippen molar-refractivity contribution in [3.63, 3.8) is 0 Å². The van der Waals surface area contributed by atoms with Crippen LogP contribution in [0.4, 0.5) is 11.4 Å². The molecule has 2 aromatic carbocycles. The first kappa shape index (κ1) is 20.4. The minimum atomic E-state index is -3.60. The number of carbonyl (C=O) groups is 1. The van der Waals surface area contributed by atoms with Crippen LogP contribution in [0.5, 0.6) is 5.75 Å². The molecule has 1 aromatic heterocycles. The van der Waals surface area contributed by atoms with E-state index in [4.69, 9.17) is 10.00 Å². The summed E-state index contributed by atoms with van der Waals surface area (Å²) in [7, 11) is -2.12. The summed E-state index contributed by atoms with van der Waals surface area (Å²) < 4.78 is 32.0. The number of thiophene rings is 1. The fourth-order valence-electron chi connectivity index (χ4n) is 2.45. The minimum Gasteiger partial charge on any atom is -0.484 e. The number of ether oxygens (including phenoxy) is 1. The van der Waals surface area contributed by atoms with E-state index in [1.165, 1.54) is 11.4 Å². The van der Waals surface area contributed by atoms with Crippen molar-refractivity contribution < 1.29 is 17.9 Å². The molecule has 29 heavy (non-hydrogen) atoms. The van der Waals surface area contributed by atoms with Gasteiger partial charge in [-0.1, -0.05) is 12.1 Å². The molecule has 1 amide bonds. The average Bonchev–Trinajstić information content (AvgIpc) is 3.28. The Kier molecular flexibility index (Phi) is 6.16. The van der Waals surface area contributed by atoms with Crippen molar-refractivity contribution in [2.75, 3.05) is 23.3 Å². The zero-order chi connectivity index (χ0) is 20.9. The topological polar surface area (TPSA) is 99.5 Å². The normalized spacial score (nSPS) is 10.8. The Balaban J connectivity index is 1.59. The van der Waals surface area contributed by atoms with Crippen LogP contribution in [-0.2, 0) is 14.8 Å². The molecule has 0 radical (unpaired) electrons. The Bertz CT molecular complexity index is 1140. The maximum atomic E-state index is 12.5. The summed E-state index contributed by atoms with van der Waals surface area (Å²) in [6.45, 7) is -0.223. The molecular weight excluding hydrogens is 410 g/mol. The van der Waals surface area contributed by atoms with Gasteiger partial charge in [0, 0.05) is 12.7 Å². The average molecular weight is 428 g/mol. The summed E-state index contributed by atoms with van der Waals surface area (Å²) >= 11 is 1.15. The lowest BCUT2D eigenvalue weighted by atomic mass is 10.2. The van der Waals surface area contributed by atoms with Crippen LogP contribution in [-0.4, -0.2) is 28.0 Å². The SMILES string of the molecule is CN(c1ccc(OCC(=O)Nc2cccc(C#N)c2)cc1)S(=O)(=O)c1cccs1. The van der Waals surface area contributed by atoms with E-state index in [0.29, 0.717) is 22.7 Å². The summed E-state index contributed by atoms with van der Waals surface area (Å²) in [5.41, 5.74) is 1.43. The Hall–Kier alpha value is -3.35. The number of sulfonamides is 1. The third kappa shape index (κ3) is 4.93. The summed E-state index contributed by atoms with van der Waals surface area (Å²) in [6, 6.07) is 18.2. The van der Waals surface area contributed by atoms with E-state index < -0.39 is 10.0 Å². The third-order valence-electron chi connectivity index (χ3n) is 3.96. The maximum Gasteiger partial charge on any atom is 0.273 e. The van der Waals surface area contributed by atoms with Crippen molar-refractivity contribution in [2.24, 2.45) is 0 Å². The van der Waals surface area contributed by atoms with Gasteiger partial charge in [0.05, 0.1) is 17.3 Å². The first-order chi connectivity index (χ1) is 13.9. The molecule has 0 spiro atoms. The molecule has 7 nitrogen and oxygen atoms in total. The van der Waals surface area contributed by atoms with E-state index >= 15 is 0 Å². The van der Waals surface area contributed by atoms with E-state index in [9.17, 15) is 13.2 Å². The second-order valence-corrected chi connectivity index (χ2v) is 9.07. The van der Waals surface area contributed by atoms with Gasteiger partial charge in [0.25, 0.3) is 15.9 Å². The number of benzene rings is 2. The highest BCUT2D eigenvalue weighted by atomic mass is 32.2. The van der Waals surface area contributed by atoms with Gasteiger partial charge in [-0.3, -0.25) is 9.10 Å². The highest BCUT2D eigenvalue weighted by Gasteiger charge is 2.22. The van der Waals surface area contributed by atoms with Gasteiger partial charge in [0.15, 0.2) is 6.61 Å². The van der Waals surface area contributed by atoms with Crippen LogP contribution in [0.2, 0.25) is 0 Å². The first-order valence-electron chi connectivity index (χ1n) is 8.45. The molecule has 9 heteroatoms. The van der Waals surface area contributed by atoms with E-state index in [2.05, 4.69) is 5.32 Å². The zero-order valence-electron chi connectivity index (χ0n) is 15.4. The highest BCUT2D eigenvalue weighted by Crippen LogP contribution is 2.26. The predicted octanol–water partition coefficient (Wildman–Crippen LogP) is 3.46. The molecule has 148 valence electrons. The summed E-state index contributed by atoms with van der Waals surface area (Å²) in [6.07, 6.45) is 0. The van der Waals surface area contributed by atoms with Crippen LogP contribution in [0.3, 0.4) is 0 Å². The Morgan fingerprint density at radius 1 is 1.17 bits per heavy atom. The number of anilines is 2. The molecule has 0 aliphatic carbocycles. The van der Waals surface area contributed by atoms with Crippen molar-refractivity contribution >= 4 is 38.6 Å². The number of rotatable bonds is 7. The van der Waals surface area contributed by atoms with Crippen LogP contribution < -0.4 is 14.4 Å². The van der Waals surface area contributed by atoms with Crippen molar-refractivity contribution in [3.05, 3.63) is 71.6 Å². The van der Waals surface area contributed by atoms with Crippen LogP contribution in [0, 0.1) is 11.3 Å². The standard InChI is InChI=1S/C20H17N3O4S2/c1-23(29(25,26)20-6-3-11-28-20)17-7-9-18(10-8-17)27-14-19(24)22-16-5-2-4-15(12-16)13-21/h2-12H,14H2,1H3,(H,22,24). The second-order valence-electron chi connectivity index (χ2n) is 5.93. The smallest absolute Gasteiger partial charge is 0.273 e. The molecule has 0 saturated carbocycles. The Morgan fingerprint density at radius 3 is 2.59 bits per heavy atom. The summed E-state index contributed by atoms with van der Waals surface area (Å²) in [4.78, 5) is 12.0. The molecule has 3 rings (SSSR count). The number of nitrogens with zero attached hydrogens (tertiary/aromatic N) is 2. The molecule has 0 saturated heterocycles. The quantitative estimate of drug-likeness (QED) is 0.622. The number of amides is 1. The van der Waals surface area contributed by atoms with Gasteiger partial charge in [0.2, 0.25) is 0 Å². The van der Waals surface area contributed by atoms with Gasteiger partial charge in [-0.15, -0.1) is 11.3 Å². The largest absolute Gasteiger partial charge is 0.484 e. The Labute approximate surface area is 172 Å². The third-order valence-corrected chi connectivity index (χ3v) is 7.11.